The van der Waals surface area contributed by atoms with Crippen LogP contribution in [-0.4, -0.2) is 0 Å². The van der Waals surface area contributed by atoms with Crippen LogP contribution in [0.1, 0.15) is 49.8 Å². The van der Waals surface area contributed by atoms with Gasteiger partial charge >= 0.3 is 0 Å². The lowest BCUT2D eigenvalue weighted by Gasteiger charge is -2.28. The Balaban J connectivity index is 1.97. The molecule has 0 nitrogen and oxygen atoms in total. The lowest BCUT2D eigenvalue weighted by Crippen LogP contribution is -2.31. The summed E-state index contributed by atoms with van der Waals surface area (Å²) in [6, 6.07) is 15.9. The number of benzene rings is 2. The van der Waals surface area contributed by atoms with E-state index in [9.17, 15) is 0 Å². The number of hydrogen-bond acceptors (Lipinski definition) is 0. The molecule has 4 rings (SSSR count). The van der Waals surface area contributed by atoms with E-state index in [0.29, 0.717) is 0 Å². The van der Waals surface area contributed by atoms with Crippen LogP contribution in [0.3, 0.4) is 0 Å². The Morgan fingerprint density at radius 3 is 2.56 bits per heavy atom. The molecule has 2 aromatic carbocycles. The molecule has 0 N–H and O–H groups in total. The third-order valence-electron chi connectivity index (χ3n) is 5.75. The lowest BCUT2D eigenvalue weighted by molar-refractivity contribution is 0.533. The summed E-state index contributed by atoms with van der Waals surface area (Å²) in [6.45, 7) is 9.00. The van der Waals surface area contributed by atoms with Crippen LogP contribution in [0.2, 0.25) is 0 Å². The molecule has 0 heterocycles. The minimum atomic E-state index is 0.0755. The van der Waals surface area contributed by atoms with Gasteiger partial charge in [0, 0.05) is 0 Å². The molecule has 2 aliphatic carbocycles. The van der Waals surface area contributed by atoms with E-state index in [1.165, 1.54) is 36.3 Å². The molecular weight excluding hydrogens is 439 g/mol. The van der Waals surface area contributed by atoms with Gasteiger partial charge in [-0.15, -0.1) is 0 Å². The van der Waals surface area contributed by atoms with E-state index in [4.69, 9.17) is 0 Å². The largest absolute Gasteiger partial charge is 0.0911 e. The molecule has 27 heavy (non-hydrogen) atoms. The Bertz CT molecular complexity index is 1090. The van der Waals surface area contributed by atoms with Crippen molar-refractivity contribution in [3.05, 3.63) is 100 Å². The lowest BCUT2D eigenvalue weighted by atomic mass is 9.76. The Kier molecular flexibility index (Phi) is 4.98. The molecule has 0 aromatic heterocycles. The average molecular weight is 464 g/mol. The van der Waals surface area contributed by atoms with Crippen molar-refractivity contribution in [1.82, 2.24) is 0 Å². The maximum absolute atomic E-state index is 4.32. The molecule has 2 aromatic rings. The highest BCUT2D eigenvalue weighted by molar-refractivity contribution is 14.1. The van der Waals surface area contributed by atoms with Crippen LogP contribution in [0.25, 0.3) is 14.7 Å². The molecule has 0 atom stereocenters. The van der Waals surface area contributed by atoms with Crippen molar-refractivity contribution in [2.45, 2.75) is 38.5 Å². The highest BCUT2D eigenvalue weighted by Gasteiger charge is 2.24. The Hall–Kier alpha value is -1.87. The van der Waals surface area contributed by atoms with Crippen LogP contribution < -0.4 is 10.4 Å². The van der Waals surface area contributed by atoms with Gasteiger partial charge < -0.3 is 0 Å². The second-order valence-electron chi connectivity index (χ2n) is 8.09. The molecule has 2 aliphatic rings. The topological polar surface area (TPSA) is 0 Å². The molecule has 0 fully saturated rings. The Morgan fingerprint density at radius 2 is 1.74 bits per heavy atom. The molecule has 0 saturated heterocycles. The number of fused-ring (bicyclic) bond motifs is 2. The van der Waals surface area contributed by atoms with Gasteiger partial charge in [-0.3, -0.25) is 0 Å². The number of rotatable bonds is 1. The van der Waals surface area contributed by atoms with Crippen LogP contribution in [0.4, 0.5) is 0 Å². The first-order chi connectivity index (χ1) is 13.0. The van der Waals surface area contributed by atoms with Crippen LogP contribution >= 0.6 is 22.6 Å². The minimum Gasteiger partial charge on any atom is -0.0911 e. The van der Waals surface area contributed by atoms with Gasteiger partial charge in [0.2, 0.25) is 0 Å². The van der Waals surface area contributed by atoms with Crippen molar-refractivity contribution in [2.24, 2.45) is 0 Å². The standard InChI is InChI=1S/C26H25I/c1-18-9-5-4-8-16-26(2,3)24-17-19(12-13-20(18)24)21-14-15-25(27)23-11-7-6-10-22(21)23/h4-13,17H,1,14-16H2,2-3H3/b8-4-,9-5-. The third kappa shape index (κ3) is 3.50. The third-order valence-corrected chi connectivity index (χ3v) is 6.88. The number of halogens is 1. The van der Waals surface area contributed by atoms with Gasteiger partial charge in [-0.1, -0.05) is 87.2 Å². The van der Waals surface area contributed by atoms with Gasteiger partial charge in [-0.25, -0.2) is 0 Å². The predicted octanol–water partition coefficient (Wildman–Crippen LogP) is 6.03. The first-order valence-corrected chi connectivity index (χ1v) is 10.7. The van der Waals surface area contributed by atoms with Gasteiger partial charge in [0.15, 0.2) is 0 Å². The molecule has 0 spiro atoms. The first-order valence-electron chi connectivity index (χ1n) is 9.62. The van der Waals surface area contributed by atoms with E-state index in [0.717, 1.165) is 24.8 Å². The van der Waals surface area contributed by atoms with E-state index >= 15 is 0 Å². The van der Waals surface area contributed by atoms with Gasteiger partial charge in [0.25, 0.3) is 0 Å². The second-order valence-corrected chi connectivity index (χ2v) is 9.39. The highest BCUT2D eigenvalue weighted by Crippen LogP contribution is 2.37. The van der Waals surface area contributed by atoms with Crippen LogP contribution in [0.5, 0.6) is 0 Å². The number of hydrogen-bond donors (Lipinski definition) is 0. The first kappa shape index (κ1) is 18.5. The SMILES string of the molecule is C=C1/C=C\C=C/CC(C)(C)c2cc(C3=c4ccccc4=C(I)CC3)ccc21. The van der Waals surface area contributed by atoms with Crippen LogP contribution in [0, 0.1) is 0 Å². The summed E-state index contributed by atoms with van der Waals surface area (Å²) in [5.74, 6) is 0. The number of allylic oxidation sites excluding steroid dienone is 5. The average Bonchev–Trinajstić information content (AvgIpc) is 2.72. The monoisotopic (exact) mass is 464 g/mol. The molecule has 0 radical (unpaired) electrons. The van der Waals surface area contributed by atoms with Crippen molar-refractivity contribution in [3.8, 4) is 0 Å². The van der Waals surface area contributed by atoms with E-state index in [2.05, 4.69) is 110 Å². The molecule has 0 saturated carbocycles. The maximum Gasteiger partial charge on any atom is -0.00123 e. The Labute approximate surface area is 175 Å². The summed E-state index contributed by atoms with van der Waals surface area (Å²) in [6.07, 6.45) is 11.9. The smallest absolute Gasteiger partial charge is 0.00123 e. The highest BCUT2D eigenvalue weighted by atomic mass is 127. The normalized spacial score (nSPS) is 20.8. The van der Waals surface area contributed by atoms with Crippen LogP contribution in [-0.2, 0) is 5.41 Å². The molecule has 0 amide bonds. The molecule has 0 bridgehead atoms. The summed E-state index contributed by atoms with van der Waals surface area (Å²) in [5, 5.41) is 2.80. The minimum absolute atomic E-state index is 0.0755. The zero-order chi connectivity index (χ0) is 19.0. The Morgan fingerprint density at radius 1 is 0.963 bits per heavy atom. The summed E-state index contributed by atoms with van der Waals surface area (Å²) < 4.78 is 1.47. The van der Waals surface area contributed by atoms with Crippen molar-refractivity contribution < 1.29 is 0 Å². The van der Waals surface area contributed by atoms with E-state index < -0.39 is 0 Å². The van der Waals surface area contributed by atoms with Crippen molar-refractivity contribution in [1.29, 1.82) is 0 Å². The quantitative estimate of drug-likeness (QED) is 0.452. The zero-order valence-electron chi connectivity index (χ0n) is 16.1. The van der Waals surface area contributed by atoms with Gasteiger partial charge in [-0.2, -0.15) is 0 Å². The fourth-order valence-corrected chi connectivity index (χ4v) is 4.91. The fraction of sp³-hybridized carbons (Fsp3) is 0.231. The van der Waals surface area contributed by atoms with Gasteiger partial charge in [0.1, 0.15) is 0 Å². The summed E-state index contributed by atoms with van der Waals surface area (Å²) in [7, 11) is 0. The molecule has 0 unspecified atom stereocenters. The molecular formula is C26H25I. The molecule has 0 aliphatic heterocycles. The summed E-state index contributed by atoms with van der Waals surface area (Å²) in [5.41, 5.74) is 6.67. The predicted molar refractivity (Wildman–Crippen MR) is 126 cm³/mol. The summed E-state index contributed by atoms with van der Waals surface area (Å²) >= 11 is 2.51. The van der Waals surface area contributed by atoms with Gasteiger partial charge in [0.05, 0.1) is 0 Å². The van der Waals surface area contributed by atoms with E-state index in [1.54, 1.807) is 0 Å². The van der Waals surface area contributed by atoms with Crippen LogP contribution in [0.15, 0.2) is 73.3 Å². The van der Waals surface area contributed by atoms with E-state index in [-0.39, 0.29) is 5.41 Å². The maximum atomic E-state index is 4.32. The van der Waals surface area contributed by atoms with Crippen molar-refractivity contribution >= 4 is 37.3 Å². The molecule has 136 valence electrons. The summed E-state index contributed by atoms with van der Waals surface area (Å²) in [4.78, 5) is 0. The zero-order valence-corrected chi connectivity index (χ0v) is 18.2. The molecule has 1 heteroatoms. The van der Waals surface area contributed by atoms with Crippen molar-refractivity contribution in [2.75, 3.05) is 0 Å². The fourth-order valence-electron chi connectivity index (χ4n) is 4.17. The van der Waals surface area contributed by atoms with Gasteiger partial charge in [-0.05, 0) is 89.1 Å². The van der Waals surface area contributed by atoms with E-state index in [1.807, 2.05) is 0 Å². The van der Waals surface area contributed by atoms with Crippen molar-refractivity contribution in [3.63, 3.8) is 0 Å². The second kappa shape index (κ2) is 7.27.